The second-order valence-electron chi connectivity index (χ2n) is 3.94. The minimum Gasteiger partial charge on any atom is -0.381 e. The van der Waals surface area contributed by atoms with Crippen LogP contribution in [0.5, 0.6) is 0 Å². The van der Waals surface area contributed by atoms with Gasteiger partial charge in [0, 0.05) is 35.2 Å². The number of allylic oxidation sites excluding steroid dienone is 2. The van der Waals surface area contributed by atoms with Gasteiger partial charge in [-0.3, -0.25) is 0 Å². The van der Waals surface area contributed by atoms with E-state index in [1.807, 2.05) is 0 Å². The van der Waals surface area contributed by atoms with Gasteiger partial charge in [0.1, 0.15) is 17.1 Å². The lowest BCUT2D eigenvalue weighted by atomic mass is 10.2. The first-order valence-electron chi connectivity index (χ1n) is 5.62. The van der Waals surface area contributed by atoms with Crippen molar-refractivity contribution in [2.75, 3.05) is 13.1 Å². The van der Waals surface area contributed by atoms with Crippen molar-refractivity contribution >= 4 is 22.0 Å². The summed E-state index contributed by atoms with van der Waals surface area (Å²) in [5.74, 6) is 0. The fourth-order valence-corrected chi connectivity index (χ4v) is 2.45. The second-order valence-corrected chi connectivity index (χ2v) is 5.03. The summed E-state index contributed by atoms with van der Waals surface area (Å²) in [6.45, 7) is 0.839. The molecule has 0 amide bonds. The van der Waals surface area contributed by atoms with Gasteiger partial charge in [0.15, 0.2) is 0 Å². The van der Waals surface area contributed by atoms with Crippen molar-refractivity contribution in [2.24, 2.45) is 0 Å². The molecule has 1 aliphatic heterocycles. The van der Waals surface area contributed by atoms with Gasteiger partial charge < -0.3 is 5.32 Å². The molecule has 0 saturated heterocycles. The first-order valence-corrected chi connectivity index (χ1v) is 6.44. The topological polar surface area (TPSA) is 57.0 Å². The first kappa shape index (κ1) is 13.7. The molecule has 1 aromatic rings. The molecule has 4 nitrogen and oxygen atoms in total. The van der Waals surface area contributed by atoms with Gasteiger partial charge in [0.25, 0.3) is 0 Å². The molecule has 0 spiro atoms. The fraction of sp³-hybridized carbons (Fsp3) is 0.364. The van der Waals surface area contributed by atoms with Crippen molar-refractivity contribution in [3.05, 3.63) is 33.7 Å². The molecule has 0 aromatic carbocycles. The minimum absolute atomic E-state index is 0.267. The third-order valence-corrected chi connectivity index (χ3v) is 3.57. The maximum absolute atomic E-state index is 12.8. The molecule has 2 rings (SSSR count). The van der Waals surface area contributed by atoms with Crippen LogP contribution in [0, 0.1) is 4.91 Å². The largest absolute Gasteiger partial charge is 0.431 e. The maximum atomic E-state index is 12.8. The van der Waals surface area contributed by atoms with Crippen LogP contribution in [-0.2, 0) is 0 Å². The van der Waals surface area contributed by atoms with E-state index in [0.29, 0.717) is 28.6 Å². The number of alkyl halides is 3. The lowest BCUT2D eigenvalue weighted by Crippen LogP contribution is -2.73. The van der Waals surface area contributed by atoms with Crippen LogP contribution in [0.25, 0.3) is 0 Å². The van der Waals surface area contributed by atoms with Crippen molar-refractivity contribution in [1.29, 1.82) is 0 Å². The van der Waals surface area contributed by atoms with Crippen LogP contribution in [0.3, 0.4) is 0 Å². The number of halogens is 3. The summed E-state index contributed by atoms with van der Waals surface area (Å²) in [5.41, 5.74) is -0.411. The first-order chi connectivity index (χ1) is 9.00. The molecular formula is C11H12F3N3OS+2. The Morgan fingerprint density at radius 3 is 2.79 bits per heavy atom. The summed E-state index contributed by atoms with van der Waals surface area (Å²) in [4.78, 5) is 14.0. The molecule has 0 saturated carbocycles. The molecule has 102 valence electrons. The Labute approximate surface area is 111 Å². The van der Waals surface area contributed by atoms with E-state index >= 15 is 0 Å². The highest BCUT2D eigenvalue weighted by molar-refractivity contribution is 7.17. The zero-order valence-electron chi connectivity index (χ0n) is 9.80. The zero-order chi connectivity index (χ0) is 13.9. The lowest BCUT2D eigenvalue weighted by Gasteiger charge is -2.14. The van der Waals surface area contributed by atoms with Gasteiger partial charge in [-0.05, 0) is 6.07 Å². The van der Waals surface area contributed by atoms with Crippen molar-refractivity contribution < 1.29 is 23.3 Å². The molecule has 3 N–H and O–H groups in total. The SMILES string of the molecule is O=[NH+]c1ccc(C2=[NH+]CCCN/C(C(F)(F)F)=C\2)s1. The van der Waals surface area contributed by atoms with Crippen LogP contribution < -0.4 is 15.5 Å². The van der Waals surface area contributed by atoms with Crippen molar-refractivity contribution in [3.63, 3.8) is 0 Å². The van der Waals surface area contributed by atoms with Gasteiger partial charge in [-0.1, -0.05) is 11.3 Å². The van der Waals surface area contributed by atoms with E-state index in [-0.39, 0.29) is 6.54 Å². The number of hydrogen-bond acceptors (Lipinski definition) is 3. The van der Waals surface area contributed by atoms with Crippen LogP contribution in [0.2, 0.25) is 0 Å². The van der Waals surface area contributed by atoms with E-state index in [1.54, 1.807) is 11.2 Å². The standard InChI is InChI=1S/C11H10F3N3OS/c12-11(13,14)9-6-7(15-4-1-5-16-9)8-2-3-10(17-18)19-8/h2-3,6,16H,1,4-5H2/p+2/b9-6-,15-7?. The molecular weight excluding hydrogens is 279 g/mol. The molecule has 19 heavy (non-hydrogen) atoms. The van der Waals surface area contributed by atoms with Crippen LogP contribution >= 0.6 is 11.3 Å². The van der Waals surface area contributed by atoms with Gasteiger partial charge in [-0.2, -0.15) is 13.2 Å². The fourth-order valence-electron chi connectivity index (χ4n) is 1.66. The summed E-state index contributed by atoms with van der Waals surface area (Å²) < 4.78 is 38.4. The van der Waals surface area contributed by atoms with E-state index < -0.39 is 11.9 Å². The van der Waals surface area contributed by atoms with Gasteiger partial charge in [-0.15, -0.1) is 0 Å². The average molecular weight is 291 g/mol. The highest BCUT2D eigenvalue weighted by Crippen LogP contribution is 2.25. The number of hydrogen-bond donors (Lipinski definition) is 3. The highest BCUT2D eigenvalue weighted by atomic mass is 32.1. The number of rotatable bonds is 2. The molecule has 0 atom stereocenters. The number of thiophene rings is 1. The van der Waals surface area contributed by atoms with Gasteiger partial charge in [0.05, 0.1) is 0 Å². The maximum Gasteiger partial charge on any atom is 0.431 e. The lowest BCUT2D eigenvalue weighted by molar-refractivity contribution is -0.456. The average Bonchev–Trinajstić information content (AvgIpc) is 2.75. The number of nitrogens with one attached hydrogen (secondary N) is 3. The summed E-state index contributed by atoms with van der Waals surface area (Å²) in [6, 6.07) is 3.15. The quantitative estimate of drug-likeness (QED) is 0.690. The minimum atomic E-state index is -4.42. The molecule has 0 aliphatic carbocycles. The Balaban J connectivity index is 2.37. The summed E-state index contributed by atoms with van der Waals surface area (Å²) >= 11 is 1.11. The summed E-state index contributed by atoms with van der Waals surface area (Å²) in [6.07, 6.45) is -2.80. The van der Waals surface area contributed by atoms with E-state index in [9.17, 15) is 18.1 Å². The monoisotopic (exact) mass is 291 g/mol. The molecule has 1 aliphatic rings. The van der Waals surface area contributed by atoms with Crippen molar-refractivity contribution in [3.8, 4) is 0 Å². The van der Waals surface area contributed by atoms with Crippen molar-refractivity contribution in [1.82, 2.24) is 5.32 Å². The summed E-state index contributed by atoms with van der Waals surface area (Å²) in [5, 5.41) is 4.47. The molecule has 1 aromatic heterocycles. The predicted octanol–water partition coefficient (Wildman–Crippen LogP) is -0.464. The van der Waals surface area contributed by atoms with Gasteiger partial charge >= 0.3 is 11.2 Å². The Morgan fingerprint density at radius 1 is 1.37 bits per heavy atom. The molecule has 0 radical (unpaired) electrons. The summed E-state index contributed by atoms with van der Waals surface area (Å²) in [7, 11) is 0. The van der Waals surface area contributed by atoms with E-state index in [0.717, 1.165) is 17.4 Å². The van der Waals surface area contributed by atoms with E-state index in [4.69, 9.17) is 0 Å². The number of nitroso groups, excluding NO2 is 1. The Bertz CT molecular complexity index is 534. The second kappa shape index (κ2) is 5.52. The third kappa shape index (κ3) is 3.40. The van der Waals surface area contributed by atoms with Crippen LogP contribution in [0.4, 0.5) is 18.2 Å². The Morgan fingerprint density at radius 2 is 2.16 bits per heavy atom. The van der Waals surface area contributed by atoms with Crippen LogP contribution in [-0.4, -0.2) is 25.0 Å². The highest BCUT2D eigenvalue weighted by Gasteiger charge is 2.35. The molecule has 8 heteroatoms. The predicted molar refractivity (Wildman–Crippen MR) is 65.0 cm³/mol. The van der Waals surface area contributed by atoms with Gasteiger partial charge in [0.2, 0.25) is 5.71 Å². The molecule has 2 heterocycles. The van der Waals surface area contributed by atoms with E-state index in [1.165, 1.54) is 6.07 Å². The molecule has 0 bridgehead atoms. The van der Waals surface area contributed by atoms with Gasteiger partial charge in [-0.25, -0.2) is 4.99 Å². The molecule has 0 unspecified atom stereocenters. The van der Waals surface area contributed by atoms with Crippen LogP contribution in [0.1, 0.15) is 11.3 Å². The Kier molecular flexibility index (Phi) is 3.98. The normalized spacial score (nSPS) is 19.5. The van der Waals surface area contributed by atoms with E-state index in [2.05, 4.69) is 10.3 Å². The Hall–Kier alpha value is -1.70. The van der Waals surface area contributed by atoms with Crippen molar-refractivity contribution in [2.45, 2.75) is 12.6 Å². The third-order valence-electron chi connectivity index (χ3n) is 2.55. The van der Waals surface area contributed by atoms with Crippen LogP contribution in [0.15, 0.2) is 23.9 Å². The zero-order valence-corrected chi connectivity index (χ0v) is 10.6. The smallest absolute Gasteiger partial charge is 0.381 e. The molecule has 0 fully saturated rings.